The van der Waals surface area contributed by atoms with Gasteiger partial charge in [0, 0.05) is 5.69 Å². The Morgan fingerprint density at radius 2 is 1.95 bits per heavy atom. The van der Waals surface area contributed by atoms with Crippen LogP contribution in [0.4, 0.5) is 5.69 Å². The lowest BCUT2D eigenvalue weighted by molar-refractivity contribution is 0.406. The molecule has 0 amide bonds. The molecule has 0 saturated carbocycles. The summed E-state index contributed by atoms with van der Waals surface area (Å²) in [6.07, 6.45) is 2.28. The highest BCUT2D eigenvalue weighted by molar-refractivity contribution is 5.52. The second-order valence-corrected chi connectivity index (χ2v) is 6.40. The Morgan fingerprint density at radius 1 is 1.14 bits per heavy atom. The summed E-state index contributed by atoms with van der Waals surface area (Å²) >= 11 is 0. The fourth-order valence-corrected chi connectivity index (χ4v) is 3.24. The first-order chi connectivity index (χ1) is 10.1. The van der Waals surface area contributed by atoms with E-state index in [1.165, 1.54) is 17.5 Å². The van der Waals surface area contributed by atoms with Crippen LogP contribution < -0.4 is 5.32 Å². The van der Waals surface area contributed by atoms with Gasteiger partial charge >= 0.3 is 0 Å². The van der Waals surface area contributed by atoms with Gasteiger partial charge in [0.25, 0.3) is 0 Å². The number of anilines is 1. The van der Waals surface area contributed by atoms with E-state index in [0.29, 0.717) is 11.6 Å². The normalized spacial score (nSPS) is 19.4. The van der Waals surface area contributed by atoms with E-state index in [1.54, 1.807) is 0 Å². The van der Waals surface area contributed by atoms with Crippen molar-refractivity contribution in [2.45, 2.75) is 38.1 Å². The van der Waals surface area contributed by atoms with Gasteiger partial charge < -0.3 is 5.32 Å². The predicted octanol–water partition coefficient (Wildman–Crippen LogP) is 4.78. The molecule has 2 nitrogen and oxygen atoms in total. The zero-order chi connectivity index (χ0) is 14.9. The van der Waals surface area contributed by atoms with E-state index >= 15 is 0 Å². The minimum Gasteiger partial charge on any atom is -0.378 e. The quantitative estimate of drug-likeness (QED) is 0.856. The maximum atomic E-state index is 9.02. The first-order valence-corrected chi connectivity index (χ1v) is 7.46. The van der Waals surface area contributed by atoms with E-state index in [-0.39, 0.29) is 5.41 Å². The molecule has 1 N–H and O–H groups in total. The van der Waals surface area contributed by atoms with Gasteiger partial charge in [-0.15, -0.1) is 0 Å². The van der Waals surface area contributed by atoms with Crippen molar-refractivity contribution in [3.63, 3.8) is 0 Å². The Kier molecular flexibility index (Phi) is 3.43. The smallest absolute Gasteiger partial charge is 0.0992 e. The molecule has 21 heavy (non-hydrogen) atoms. The standard InChI is InChI=1S/C19H20N2/c1-19(2)11-10-18(16-8-3-4-9-17(16)19)21-15-7-5-6-14(12-15)13-20/h3-9,12,18,21H,10-11H2,1-2H3. The van der Waals surface area contributed by atoms with Crippen LogP contribution in [0.1, 0.15) is 49.4 Å². The van der Waals surface area contributed by atoms with Crippen LogP contribution in [-0.2, 0) is 5.41 Å². The van der Waals surface area contributed by atoms with Gasteiger partial charge in [-0.25, -0.2) is 0 Å². The van der Waals surface area contributed by atoms with E-state index in [9.17, 15) is 0 Å². The first kappa shape index (κ1) is 13.7. The van der Waals surface area contributed by atoms with E-state index in [2.05, 4.69) is 49.5 Å². The number of rotatable bonds is 2. The zero-order valence-corrected chi connectivity index (χ0v) is 12.6. The molecule has 0 aromatic heterocycles. The maximum Gasteiger partial charge on any atom is 0.0992 e. The van der Waals surface area contributed by atoms with Crippen LogP contribution in [0, 0.1) is 11.3 Å². The first-order valence-electron chi connectivity index (χ1n) is 7.46. The van der Waals surface area contributed by atoms with E-state index in [1.807, 2.05) is 24.3 Å². The molecule has 0 saturated heterocycles. The lowest BCUT2D eigenvalue weighted by Gasteiger charge is -2.37. The number of hydrogen-bond acceptors (Lipinski definition) is 2. The third-order valence-electron chi connectivity index (χ3n) is 4.46. The summed E-state index contributed by atoms with van der Waals surface area (Å²) in [6, 6.07) is 18.9. The van der Waals surface area contributed by atoms with Crippen molar-refractivity contribution in [3.8, 4) is 6.07 Å². The highest BCUT2D eigenvalue weighted by atomic mass is 14.9. The molecule has 0 aliphatic heterocycles. The Morgan fingerprint density at radius 3 is 2.76 bits per heavy atom. The third kappa shape index (κ3) is 2.64. The van der Waals surface area contributed by atoms with Crippen LogP contribution in [0.2, 0.25) is 0 Å². The van der Waals surface area contributed by atoms with Crippen molar-refractivity contribution in [1.82, 2.24) is 0 Å². The van der Waals surface area contributed by atoms with E-state index in [0.717, 1.165) is 12.1 Å². The minimum absolute atomic E-state index is 0.239. The molecule has 3 rings (SSSR count). The summed E-state index contributed by atoms with van der Waals surface area (Å²) in [5.74, 6) is 0. The summed E-state index contributed by atoms with van der Waals surface area (Å²) in [7, 11) is 0. The molecular formula is C19H20N2. The van der Waals surface area contributed by atoms with Gasteiger partial charge in [0.2, 0.25) is 0 Å². The largest absolute Gasteiger partial charge is 0.378 e. The van der Waals surface area contributed by atoms with E-state index < -0.39 is 0 Å². The second kappa shape index (κ2) is 5.26. The molecule has 0 fully saturated rings. The van der Waals surface area contributed by atoms with Gasteiger partial charge in [0.1, 0.15) is 0 Å². The Labute approximate surface area is 126 Å². The summed E-state index contributed by atoms with van der Waals surface area (Å²) in [5.41, 5.74) is 4.78. The average molecular weight is 276 g/mol. The maximum absolute atomic E-state index is 9.02. The molecular weight excluding hydrogens is 256 g/mol. The molecule has 1 unspecified atom stereocenters. The highest BCUT2D eigenvalue weighted by Gasteiger charge is 2.32. The fraction of sp³-hybridized carbons (Fsp3) is 0.316. The second-order valence-electron chi connectivity index (χ2n) is 6.40. The van der Waals surface area contributed by atoms with Crippen LogP contribution in [0.25, 0.3) is 0 Å². The van der Waals surface area contributed by atoms with Gasteiger partial charge in [-0.2, -0.15) is 5.26 Å². The summed E-state index contributed by atoms with van der Waals surface area (Å²) in [6.45, 7) is 4.64. The predicted molar refractivity (Wildman–Crippen MR) is 86.2 cm³/mol. The lowest BCUT2D eigenvalue weighted by atomic mass is 9.71. The minimum atomic E-state index is 0.239. The molecule has 0 radical (unpaired) electrons. The van der Waals surface area contributed by atoms with Gasteiger partial charge in [0.15, 0.2) is 0 Å². The Bertz CT molecular complexity index is 695. The number of nitriles is 1. The average Bonchev–Trinajstić information content (AvgIpc) is 2.51. The van der Waals surface area contributed by atoms with Crippen LogP contribution in [0.5, 0.6) is 0 Å². The number of nitrogens with zero attached hydrogens (tertiary/aromatic N) is 1. The fourth-order valence-electron chi connectivity index (χ4n) is 3.24. The molecule has 106 valence electrons. The molecule has 2 aromatic rings. The lowest BCUT2D eigenvalue weighted by Crippen LogP contribution is -2.29. The molecule has 1 atom stereocenters. The molecule has 0 bridgehead atoms. The Hall–Kier alpha value is -2.27. The number of hydrogen-bond donors (Lipinski definition) is 1. The van der Waals surface area contributed by atoms with Crippen molar-refractivity contribution in [1.29, 1.82) is 5.26 Å². The van der Waals surface area contributed by atoms with Crippen LogP contribution in [0.3, 0.4) is 0 Å². The molecule has 2 aromatic carbocycles. The van der Waals surface area contributed by atoms with E-state index in [4.69, 9.17) is 5.26 Å². The molecule has 1 aliphatic carbocycles. The number of benzene rings is 2. The zero-order valence-electron chi connectivity index (χ0n) is 12.6. The van der Waals surface area contributed by atoms with Crippen LogP contribution in [-0.4, -0.2) is 0 Å². The topological polar surface area (TPSA) is 35.8 Å². The molecule has 1 aliphatic rings. The molecule has 0 heterocycles. The van der Waals surface area contributed by atoms with Crippen molar-refractivity contribution >= 4 is 5.69 Å². The SMILES string of the molecule is CC1(C)CCC(Nc2cccc(C#N)c2)c2ccccc21. The summed E-state index contributed by atoms with van der Waals surface area (Å²) in [4.78, 5) is 0. The number of fused-ring (bicyclic) bond motifs is 1. The molecule has 2 heteroatoms. The highest BCUT2D eigenvalue weighted by Crippen LogP contribution is 2.42. The molecule has 0 spiro atoms. The monoisotopic (exact) mass is 276 g/mol. The van der Waals surface area contributed by atoms with Crippen molar-refractivity contribution in [3.05, 3.63) is 65.2 Å². The van der Waals surface area contributed by atoms with Gasteiger partial charge in [-0.3, -0.25) is 0 Å². The van der Waals surface area contributed by atoms with Crippen LogP contribution >= 0.6 is 0 Å². The van der Waals surface area contributed by atoms with Crippen LogP contribution in [0.15, 0.2) is 48.5 Å². The third-order valence-corrected chi connectivity index (χ3v) is 4.46. The van der Waals surface area contributed by atoms with Gasteiger partial charge in [-0.1, -0.05) is 44.2 Å². The number of nitrogens with one attached hydrogen (secondary N) is 1. The van der Waals surface area contributed by atoms with Gasteiger partial charge in [-0.05, 0) is 47.6 Å². The van der Waals surface area contributed by atoms with Crippen molar-refractivity contribution in [2.24, 2.45) is 0 Å². The van der Waals surface area contributed by atoms with Gasteiger partial charge in [0.05, 0.1) is 17.7 Å². The summed E-state index contributed by atoms with van der Waals surface area (Å²) < 4.78 is 0. The van der Waals surface area contributed by atoms with Crippen molar-refractivity contribution < 1.29 is 0 Å². The van der Waals surface area contributed by atoms with Crippen molar-refractivity contribution in [2.75, 3.05) is 5.32 Å². The summed E-state index contributed by atoms with van der Waals surface area (Å²) in [5, 5.41) is 12.6. The Balaban J connectivity index is 1.92.